The number of aliphatic hydroxyl groups excluding tert-OH is 1. The SMILES string of the molecule is COc1cc(CO)cc2c1[nH]c1c(/C(C)=C/C(=O)O)cccc12. The number of carboxylic acid groups (broad SMARTS) is 1. The number of aromatic amines is 1. The highest BCUT2D eigenvalue weighted by molar-refractivity contribution is 6.12. The van der Waals surface area contributed by atoms with Crippen molar-refractivity contribution in [3.63, 3.8) is 0 Å². The van der Waals surface area contributed by atoms with Crippen LogP contribution in [0.15, 0.2) is 36.4 Å². The fourth-order valence-corrected chi connectivity index (χ4v) is 2.89. The molecule has 0 aliphatic heterocycles. The molecule has 1 heterocycles. The lowest BCUT2D eigenvalue weighted by atomic mass is 10.0. The number of rotatable bonds is 4. The number of ether oxygens (including phenoxy) is 1. The summed E-state index contributed by atoms with van der Waals surface area (Å²) in [7, 11) is 1.58. The van der Waals surface area contributed by atoms with Crippen LogP contribution < -0.4 is 4.74 Å². The van der Waals surface area contributed by atoms with E-state index in [1.165, 1.54) is 6.08 Å². The minimum atomic E-state index is -0.976. The van der Waals surface area contributed by atoms with Crippen molar-refractivity contribution in [2.75, 3.05) is 7.11 Å². The highest BCUT2D eigenvalue weighted by Gasteiger charge is 2.14. The number of para-hydroxylation sites is 1. The summed E-state index contributed by atoms with van der Waals surface area (Å²) in [6.07, 6.45) is 1.19. The van der Waals surface area contributed by atoms with Crippen molar-refractivity contribution in [1.82, 2.24) is 4.98 Å². The Morgan fingerprint density at radius 3 is 2.70 bits per heavy atom. The number of carboxylic acids is 1. The Kier molecular flexibility index (Phi) is 3.80. The zero-order valence-corrected chi connectivity index (χ0v) is 12.9. The van der Waals surface area contributed by atoms with Crippen LogP contribution in [-0.2, 0) is 11.4 Å². The number of allylic oxidation sites excluding steroid dienone is 1. The average molecular weight is 311 g/mol. The van der Waals surface area contributed by atoms with Crippen LogP contribution in [-0.4, -0.2) is 28.3 Å². The van der Waals surface area contributed by atoms with Gasteiger partial charge in [0.1, 0.15) is 5.75 Å². The molecule has 0 aliphatic carbocycles. The molecule has 5 heteroatoms. The molecular weight excluding hydrogens is 294 g/mol. The van der Waals surface area contributed by atoms with Crippen LogP contribution in [0.5, 0.6) is 5.75 Å². The van der Waals surface area contributed by atoms with Crippen LogP contribution in [0.3, 0.4) is 0 Å². The van der Waals surface area contributed by atoms with E-state index in [1.54, 1.807) is 20.1 Å². The third kappa shape index (κ3) is 2.55. The van der Waals surface area contributed by atoms with Crippen LogP contribution in [0.1, 0.15) is 18.1 Å². The van der Waals surface area contributed by atoms with Crippen LogP contribution in [0.2, 0.25) is 0 Å². The van der Waals surface area contributed by atoms with Crippen molar-refractivity contribution >= 4 is 33.3 Å². The molecule has 0 aliphatic rings. The summed E-state index contributed by atoms with van der Waals surface area (Å²) in [4.78, 5) is 14.3. The van der Waals surface area contributed by atoms with Gasteiger partial charge in [-0.05, 0) is 30.2 Å². The number of aliphatic hydroxyl groups is 1. The molecule has 1 aromatic heterocycles. The molecule has 3 aromatic rings. The fourth-order valence-electron chi connectivity index (χ4n) is 2.89. The third-order valence-electron chi connectivity index (χ3n) is 3.93. The van der Waals surface area contributed by atoms with Gasteiger partial charge < -0.3 is 19.9 Å². The molecule has 0 bridgehead atoms. The zero-order valence-electron chi connectivity index (χ0n) is 12.9. The summed E-state index contributed by atoms with van der Waals surface area (Å²) in [6, 6.07) is 9.44. The van der Waals surface area contributed by atoms with Gasteiger partial charge in [-0.15, -0.1) is 0 Å². The van der Waals surface area contributed by atoms with Crippen LogP contribution in [0, 0.1) is 0 Å². The number of H-pyrrole nitrogens is 1. The molecule has 0 radical (unpaired) electrons. The highest BCUT2D eigenvalue weighted by atomic mass is 16.5. The number of fused-ring (bicyclic) bond motifs is 3. The molecule has 0 unspecified atom stereocenters. The molecule has 5 nitrogen and oxygen atoms in total. The molecule has 3 rings (SSSR count). The summed E-state index contributed by atoms with van der Waals surface area (Å²) in [6.45, 7) is 1.70. The van der Waals surface area contributed by atoms with Gasteiger partial charge in [0.15, 0.2) is 0 Å². The Bertz CT molecular complexity index is 937. The molecule has 118 valence electrons. The molecule has 0 saturated heterocycles. The van der Waals surface area contributed by atoms with E-state index in [4.69, 9.17) is 9.84 Å². The largest absolute Gasteiger partial charge is 0.495 e. The molecule has 0 amide bonds. The fraction of sp³-hybridized carbons (Fsp3) is 0.167. The van der Waals surface area contributed by atoms with Crippen molar-refractivity contribution in [1.29, 1.82) is 0 Å². The molecule has 3 N–H and O–H groups in total. The first-order valence-corrected chi connectivity index (χ1v) is 7.19. The Hall–Kier alpha value is -2.79. The first kappa shape index (κ1) is 15.1. The molecule has 0 spiro atoms. The lowest BCUT2D eigenvalue weighted by molar-refractivity contribution is -0.131. The van der Waals surface area contributed by atoms with Crippen molar-refractivity contribution in [3.8, 4) is 5.75 Å². The standard InChI is InChI=1S/C18H17NO4/c1-10(6-16(21)22)12-4-3-5-13-14-7-11(9-20)8-15(23-2)18(14)19-17(12)13/h3-8,19-20H,9H2,1-2H3,(H,21,22)/b10-6+. The average Bonchev–Trinajstić information content (AvgIpc) is 2.91. The van der Waals surface area contributed by atoms with Crippen molar-refractivity contribution < 1.29 is 19.7 Å². The summed E-state index contributed by atoms with van der Waals surface area (Å²) in [5.74, 6) is -0.329. The van der Waals surface area contributed by atoms with Crippen LogP contribution in [0.4, 0.5) is 0 Å². The van der Waals surface area contributed by atoms with Crippen LogP contribution >= 0.6 is 0 Å². The zero-order chi connectivity index (χ0) is 16.6. The molecule has 0 atom stereocenters. The molecule has 0 saturated carbocycles. The van der Waals surface area contributed by atoms with E-state index in [0.717, 1.165) is 32.9 Å². The summed E-state index contributed by atoms with van der Waals surface area (Å²) in [5.41, 5.74) is 3.93. The summed E-state index contributed by atoms with van der Waals surface area (Å²) >= 11 is 0. The normalized spacial score (nSPS) is 12.0. The predicted molar refractivity (Wildman–Crippen MR) is 89.6 cm³/mol. The van der Waals surface area contributed by atoms with E-state index in [1.807, 2.05) is 24.3 Å². The van der Waals surface area contributed by atoms with Crippen LogP contribution in [0.25, 0.3) is 27.4 Å². The summed E-state index contributed by atoms with van der Waals surface area (Å²) in [5, 5.41) is 20.3. The van der Waals surface area contributed by atoms with Gasteiger partial charge in [-0.1, -0.05) is 18.2 Å². The van der Waals surface area contributed by atoms with E-state index in [-0.39, 0.29) is 6.61 Å². The lowest BCUT2D eigenvalue weighted by Gasteiger charge is -2.04. The monoisotopic (exact) mass is 311 g/mol. The smallest absolute Gasteiger partial charge is 0.328 e. The minimum Gasteiger partial charge on any atom is -0.495 e. The second-order valence-corrected chi connectivity index (χ2v) is 5.40. The Balaban J connectivity index is 2.38. The molecule has 0 fully saturated rings. The molecule has 2 aromatic carbocycles. The maximum atomic E-state index is 10.9. The van der Waals surface area contributed by atoms with Gasteiger partial charge >= 0.3 is 5.97 Å². The van der Waals surface area contributed by atoms with Gasteiger partial charge in [0.05, 0.1) is 24.8 Å². The number of carbonyl (C=O) groups is 1. The second kappa shape index (κ2) is 5.78. The van der Waals surface area contributed by atoms with E-state index < -0.39 is 5.97 Å². The van der Waals surface area contributed by atoms with Gasteiger partial charge in [0.25, 0.3) is 0 Å². The van der Waals surface area contributed by atoms with Gasteiger partial charge in [-0.3, -0.25) is 0 Å². The summed E-state index contributed by atoms with van der Waals surface area (Å²) < 4.78 is 5.41. The maximum Gasteiger partial charge on any atom is 0.328 e. The van der Waals surface area contributed by atoms with Gasteiger partial charge in [-0.2, -0.15) is 0 Å². The van der Waals surface area contributed by atoms with Gasteiger partial charge in [-0.25, -0.2) is 4.79 Å². The highest BCUT2D eigenvalue weighted by Crippen LogP contribution is 2.36. The number of aromatic nitrogens is 1. The number of methoxy groups -OCH3 is 1. The first-order valence-electron chi connectivity index (χ1n) is 7.19. The van der Waals surface area contributed by atoms with E-state index in [0.29, 0.717) is 11.3 Å². The van der Waals surface area contributed by atoms with Crippen molar-refractivity contribution in [2.45, 2.75) is 13.5 Å². The third-order valence-corrected chi connectivity index (χ3v) is 3.93. The number of hydrogen-bond donors (Lipinski definition) is 3. The predicted octanol–water partition coefficient (Wildman–Crippen LogP) is 3.31. The number of nitrogens with one attached hydrogen (secondary N) is 1. The first-order chi connectivity index (χ1) is 11.0. The van der Waals surface area contributed by atoms with Crippen molar-refractivity contribution in [3.05, 3.63) is 47.5 Å². The van der Waals surface area contributed by atoms with Gasteiger partial charge in [0, 0.05) is 22.4 Å². The van der Waals surface area contributed by atoms with E-state index in [2.05, 4.69) is 4.98 Å². The second-order valence-electron chi connectivity index (χ2n) is 5.40. The quantitative estimate of drug-likeness (QED) is 0.646. The molecular formula is C18H17NO4. The maximum absolute atomic E-state index is 10.9. The number of hydrogen-bond acceptors (Lipinski definition) is 3. The van der Waals surface area contributed by atoms with E-state index in [9.17, 15) is 9.90 Å². The Labute approximate surface area is 132 Å². The molecule has 23 heavy (non-hydrogen) atoms. The van der Waals surface area contributed by atoms with Crippen molar-refractivity contribution in [2.24, 2.45) is 0 Å². The lowest BCUT2D eigenvalue weighted by Crippen LogP contribution is -1.90. The number of aliphatic carboxylic acids is 1. The number of benzene rings is 2. The Morgan fingerprint density at radius 1 is 1.26 bits per heavy atom. The van der Waals surface area contributed by atoms with E-state index >= 15 is 0 Å². The topological polar surface area (TPSA) is 82.5 Å². The van der Waals surface area contributed by atoms with Gasteiger partial charge in [0.2, 0.25) is 0 Å². The Morgan fingerprint density at radius 2 is 2.04 bits per heavy atom. The minimum absolute atomic E-state index is 0.0728.